The van der Waals surface area contributed by atoms with Gasteiger partial charge in [0.25, 0.3) is 0 Å². The molecule has 2 aromatic rings. The maximum atomic E-state index is 12.1. The van der Waals surface area contributed by atoms with E-state index in [2.05, 4.69) is 26.4 Å². The van der Waals surface area contributed by atoms with Gasteiger partial charge in [-0.05, 0) is 66.4 Å². The van der Waals surface area contributed by atoms with Crippen LogP contribution in [0.4, 0.5) is 0 Å². The number of thiophene rings is 1. The number of sulfonamides is 1. The SMILES string of the molecule is O=S(=O)(CCOc1ccccc1)NCC1CCN(Cc2ccsc2)CC1. The lowest BCUT2D eigenvalue weighted by atomic mass is 9.97. The van der Waals surface area contributed by atoms with Gasteiger partial charge in [-0.2, -0.15) is 11.3 Å². The molecule has 0 radical (unpaired) electrons. The summed E-state index contributed by atoms with van der Waals surface area (Å²) in [5.74, 6) is 1.10. The average molecular weight is 395 g/mol. The predicted molar refractivity (Wildman–Crippen MR) is 106 cm³/mol. The molecule has 5 nitrogen and oxygen atoms in total. The highest BCUT2D eigenvalue weighted by Crippen LogP contribution is 2.19. The lowest BCUT2D eigenvalue weighted by molar-refractivity contribution is 0.178. The van der Waals surface area contributed by atoms with Crippen molar-refractivity contribution in [2.75, 3.05) is 32.0 Å². The van der Waals surface area contributed by atoms with E-state index in [1.54, 1.807) is 11.3 Å². The van der Waals surface area contributed by atoms with E-state index in [0.29, 0.717) is 18.2 Å². The molecule has 0 saturated carbocycles. The van der Waals surface area contributed by atoms with Crippen molar-refractivity contribution in [3.05, 3.63) is 52.7 Å². The third-order valence-electron chi connectivity index (χ3n) is 4.65. The first-order valence-corrected chi connectivity index (χ1v) is 11.6. The minimum absolute atomic E-state index is 0.0150. The Kier molecular flexibility index (Phi) is 7.07. The van der Waals surface area contributed by atoms with Crippen LogP contribution in [0.25, 0.3) is 0 Å². The maximum absolute atomic E-state index is 12.1. The molecule has 7 heteroatoms. The molecular weight excluding hydrogens is 368 g/mol. The van der Waals surface area contributed by atoms with Crippen LogP contribution in [0.1, 0.15) is 18.4 Å². The van der Waals surface area contributed by atoms with Crippen molar-refractivity contribution >= 4 is 21.4 Å². The molecular formula is C19H26N2O3S2. The van der Waals surface area contributed by atoms with E-state index in [-0.39, 0.29) is 12.4 Å². The highest BCUT2D eigenvalue weighted by molar-refractivity contribution is 7.89. The Morgan fingerprint density at radius 2 is 1.92 bits per heavy atom. The fourth-order valence-corrected chi connectivity index (χ4v) is 4.69. The Balaban J connectivity index is 1.33. The van der Waals surface area contributed by atoms with Gasteiger partial charge in [0, 0.05) is 13.1 Å². The van der Waals surface area contributed by atoms with Gasteiger partial charge in [-0.25, -0.2) is 13.1 Å². The van der Waals surface area contributed by atoms with Gasteiger partial charge in [-0.15, -0.1) is 0 Å². The highest BCUT2D eigenvalue weighted by atomic mass is 32.2. The number of hydrogen-bond donors (Lipinski definition) is 1. The van der Waals surface area contributed by atoms with Crippen molar-refractivity contribution in [1.29, 1.82) is 0 Å². The van der Waals surface area contributed by atoms with Gasteiger partial charge in [0.2, 0.25) is 10.0 Å². The van der Waals surface area contributed by atoms with E-state index in [4.69, 9.17) is 4.74 Å². The van der Waals surface area contributed by atoms with Crippen LogP contribution >= 0.6 is 11.3 Å². The minimum atomic E-state index is -3.29. The van der Waals surface area contributed by atoms with Gasteiger partial charge in [-0.1, -0.05) is 18.2 Å². The molecule has 1 aliphatic rings. The maximum Gasteiger partial charge on any atom is 0.214 e. The number of nitrogens with zero attached hydrogens (tertiary/aromatic N) is 1. The zero-order valence-corrected chi connectivity index (χ0v) is 16.5. The number of nitrogens with one attached hydrogen (secondary N) is 1. The van der Waals surface area contributed by atoms with Crippen LogP contribution in [0.5, 0.6) is 5.75 Å². The Morgan fingerprint density at radius 1 is 1.15 bits per heavy atom. The van der Waals surface area contributed by atoms with Crippen LogP contribution < -0.4 is 9.46 Å². The van der Waals surface area contributed by atoms with Gasteiger partial charge in [0.05, 0.1) is 5.75 Å². The third kappa shape index (κ3) is 6.39. The molecule has 1 aromatic heterocycles. The number of ether oxygens (including phenoxy) is 1. The molecule has 1 fully saturated rings. The number of rotatable bonds is 9. The number of hydrogen-bond acceptors (Lipinski definition) is 5. The summed E-state index contributed by atoms with van der Waals surface area (Å²) in [5.41, 5.74) is 1.37. The van der Waals surface area contributed by atoms with Gasteiger partial charge in [0.1, 0.15) is 12.4 Å². The average Bonchev–Trinajstić information content (AvgIpc) is 3.15. The molecule has 1 aliphatic heterocycles. The van der Waals surface area contributed by atoms with Crippen molar-refractivity contribution < 1.29 is 13.2 Å². The van der Waals surface area contributed by atoms with Gasteiger partial charge >= 0.3 is 0 Å². The fourth-order valence-electron chi connectivity index (χ4n) is 3.09. The van der Waals surface area contributed by atoms with Crippen LogP contribution in [-0.4, -0.2) is 45.3 Å². The molecule has 1 aromatic carbocycles. The van der Waals surface area contributed by atoms with Crippen LogP contribution in [0.15, 0.2) is 47.2 Å². The Bertz CT molecular complexity index is 740. The zero-order chi connectivity index (χ0) is 18.2. The molecule has 0 amide bonds. The monoisotopic (exact) mass is 394 g/mol. The summed E-state index contributed by atoms with van der Waals surface area (Å²) in [5, 5.41) is 4.30. The molecule has 0 aliphatic carbocycles. The van der Waals surface area contributed by atoms with Gasteiger partial charge in [0.15, 0.2) is 0 Å². The lowest BCUT2D eigenvalue weighted by Gasteiger charge is -2.31. The van der Waals surface area contributed by atoms with Crippen molar-refractivity contribution in [1.82, 2.24) is 9.62 Å². The Morgan fingerprint density at radius 3 is 2.62 bits per heavy atom. The quantitative estimate of drug-likeness (QED) is 0.710. The standard InChI is InChI=1S/C19H26N2O3S2/c22-26(23,13-11-24-19-4-2-1-3-5-19)20-14-17-6-9-21(10-7-17)15-18-8-12-25-16-18/h1-5,8,12,16-17,20H,6-7,9-11,13-15H2. The normalized spacial score (nSPS) is 16.6. The molecule has 1 N–H and O–H groups in total. The van der Waals surface area contributed by atoms with Crippen LogP contribution in [0, 0.1) is 5.92 Å². The number of piperidine rings is 1. The summed E-state index contributed by atoms with van der Waals surface area (Å²) in [6.45, 7) is 3.75. The molecule has 1 saturated heterocycles. The number of para-hydroxylation sites is 1. The summed E-state index contributed by atoms with van der Waals surface area (Å²) in [4.78, 5) is 2.45. The van der Waals surface area contributed by atoms with Crippen molar-refractivity contribution in [3.63, 3.8) is 0 Å². The second kappa shape index (κ2) is 9.50. The minimum Gasteiger partial charge on any atom is -0.492 e. The van der Waals surface area contributed by atoms with E-state index < -0.39 is 10.0 Å². The largest absolute Gasteiger partial charge is 0.492 e. The van der Waals surface area contributed by atoms with Crippen LogP contribution in [0.2, 0.25) is 0 Å². The van der Waals surface area contributed by atoms with Crippen molar-refractivity contribution in [3.8, 4) is 5.75 Å². The van der Waals surface area contributed by atoms with E-state index in [1.165, 1.54) is 5.56 Å². The van der Waals surface area contributed by atoms with E-state index in [9.17, 15) is 8.42 Å². The molecule has 0 spiro atoms. The van der Waals surface area contributed by atoms with Gasteiger partial charge in [-0.3, -0.25) is 4.90 Å². The second-order valence-electron chi connectivity index (χ2n) is 6.68. The smallest absolute Gasteiger partial charge is 0.214 e. The summed E-state index contributed by atoms with van der Waals surface area (Å²) in [6, 6.07) is 11.5. The molecule has 2 heterocycles. The van der Waals surface area contributed by atoms with Crippen LogP contribution in [-0.2, 0) is 16.6 Å². The summed E-state index contributed by atoms with van der Waals surface area (Å²) < 4.78 is 32.5. The molecule has 0 bridgehead atoms. The number of benzene rings is 1. The predicted octanol–water partition coefficient (Wildman–Crippen LogP) is 2.96. The third-order valence-corrected chi connectivity index (χ3v) is 6.69. The Hall–Kier alpha value is -1.41. The first kappa shape index (κ1) is 19.4. The first-order valence-electron chi connectivity index (χ1n) is 8.99. The van der Waals surface area contributed by atoms with Gasteiger partial charge < -0.3 is 4.74 Å². The molecule has 3 rings (SSSR count). The molecule has 26 heavy (non-hydrogen) atoms. The summed E-state index contributed by atoms with van der Waals surface area (Å²) in [6.07, 6.45) is 2.07. The van der Waals surface area contributed by atoms with Crippen LogP contribution in [0.3, 0.4) is 0 Å². The van der Waals surface area contributed by atoms with E-state index >= 15 is 0 Å². The molecule has 142 valence electrons. The molecule has 0 atom stereocenters. The second-order valence-corrected chi connectivity index (χ2v) is 9.39. The Labute approximate surface area is 160 Å². The first-order chi connectivity index (χ1) is 12.6. The lowest BCUT2D eigenvalue weighted by Crippen LogP contribution is -2.39. The summed E-state index contributed by atoms with van der Waals surface area (Å²) in [7, 11) is -3.29. The highest BCUT2D eigenvalue weighted by Gasteiger charge is 2.21. The molecule has 0 unspecified atom stereocenters. The van der Waals surface area contributed by atoms with E-state index in [1.807, 2.05) is 30.3 Å². The number of likely N-dealkylation sites (tertiary alicyclic amines) is 1. The zero-order valence-electron chi connectivity index (χ0n) is 14.8. The topological polar surface area (TPSA) is 58.6 Å². The fraction of sp³-hybridized carbons (Fsp3) is 0.474. The van der Waals surface area contributed by atoms with E-state index in [0.717, 1.165) is 32.5 Å². The summed E-state index contributed by atoms with van der Waals surface area (Å²) >= 11 is 1.73. The van der Waals surface area contributed by atoms with Crippen molar-refractivity contribution in [2.45, 2.75) is 19.4 Å². The van der Waals surface area contributed by atoms with Crippen molar-refractivity contribution in [2.24, 2.45) is 5.92 Å².